The van der Waals surface area contributed by atoms with Gasteiger partial charge in [0.1, 0.15) is 30.3 Å². The summed E-state index contributed by atoms with van der Waals surface area (Å²) < 4.78 is 22.3. The minimum Gasteiger partial charge on any atom is -0.387 e. The van der Waals surface area contributed by atoms with E-state index < -0.39 is 39.0 Å². The number of rotatable bonds is 4. The molecule has 1 saturated heterocycles. The summed E-state index contributed by atoms with van der Waals surface area (Å²) in [5, 5.41) is 26.8. The zero-order valence-corrected chi connectivity index (χ0v) is 14.8. The Labute approximate surface area is 151 Å². The predicted molar refractivity (Wildman–Crippen MR) is 90.6 cm³/mol. The van der Waals surface area contributed by atoms with Crippen LogP contribution in [0, 0.1) is 0 Å². The van der Waals surface area contributed by atoms with Crippen molar-refractivity contribution in [3.8, 4) is 0 Å². The first-order valence-electron chi connectivity index (χ1n) is 7.83. The lowest BCUT2D eigenvalue weighted by Gasteiger charge is -2.19. The van der Waals surface area contributed by atoms with Gasteiger partial charge in [0.05, 0.1) is 12.0 Å². The second-order valence-electron chi connectivity index (χ2n) is 6.19. The van der Waals surface area contributed by atoms with E-state index in [4.69, 9.17) is 20.3 Å². The molecule has 4 atom stereocenters. The number of ether oxygens (including phenoxy) is 1. The highest BCUT2D eigenvalue weighted by atomic mass is 31.2. The van der Waals surface area contributed by atoms with Crippen molar-refractivity contribution in [3.63, 3.8) is 0 Å². The van der Waals surface area contributed by atoms with Crippen LogP contribution in [0.2, 0.25) is 0 Å². The molecule has 6 N–H and O–H groups in total. The van der Waals surface area contributed by atoms with Crippen molar-refractivity contribution in [2.75, 3.05) is 18.7 Å². The number of phosphoric ester groups is 1. The Kier molecular flexibility index (Phi) is 4.20. The number of hydrogen-bond donors (Lipinski definition) is 5. The number of hydrogen-bond acceptors (Lipinski definition) is 10. The summed E-state index contributed by atoms with van der Waals surface area (Å²) in [5.74, 6) is 0.732. The van der Waals surface area contributed by atoms with Gasteiger partial charge in [-0.05, 0) is 0 Å². The van der Waals surface area contributed by atoms with Crippen molar-refractivity contribution in [1.82, 2.24) is 14.5 Å². The quantitative estimate of drug-likeness (QED) is 0.365. The zero-order chi connectivity index (χ0) is 19.5. The van der Waals surface area contributed by atoms with E-state index in [-0.39, 0.29) is 5.84 Å². The van der Waals surface area contributed by atoms with Gasteiger partial charge >= 0.3 is 7.82 Å². The van der Waals surface area contributed by atoms with E-state index in [0.717, 1.165) is 0 Å². The third-order valence-electron chi connectivity index (χ3n) is 4.45. The second kappa shape index (κ2) is 6.21. The third-order valence-corrected chi connectivity index (χ3v) is 4.93. The van der Waals surface area contributed by atoms with E-state index in [2.05, 4.69) is 19.6 Å². The normalized spacial score (nSPS) is 28.0. The van der Waals surface area contributed by atoms with Crippen molar-refractivity contribution < 1.29 is 33.8 Å². The molecule has 4 rings (SSSR count). The Morgan fingerprint density at radius 3 is 2.78 bits per heavy atom. The molecule has 4 heterocycles. The van der Waals surface area contributed by atoms with Crippen LogP contribution >= 0.6 is 7.82 Å². The monoisotopic (exact) mass is 400 g/mol. The van der Waals surface area contributed by atoms with Gasteiger partial charge in [0.15, 0.2) is 17.9 Å². The number of aliphatic hydroxyl groups excluding tert-OH is 2. The Hall–Kier alpha value is -2.12. The largest absolute Gasteiger partial charge is 0.469 e. The number of nitrogens with zero attached hydrogens (tertiary/aromatic N) is 5. The van der Waals surface area contributed by atoms with Gasteiger partial charge in [-0.1, -0.05) is 0 Å². The SMILES string of the molecule is CN1N=C(N)c2cn([C@@H]3O[C@H](COP(=O)(O)O)[C@@H](O)C3O)c3ncnc1c23. The van der Waals surface area contributed by atoms with Crippen molar-refractivity contribution >= 4 is 30.5 Å². The van der Waals surface area contributed by atoms with Crippen molar-refractivity contribution in [2.24, 2.45) is 10.8 Å². The summed E-state index contributed by atoms with van der Waals surface area (Å²) in [7, 11) is -3.07. The molecule has 0 saturated carbocycles. The highest BCUT2D eigenvalue weighted by Crippen LogP contribution is 2.40. The molecule has 0 aromatic carbocycles. The Morgan fingerprint density at radius 2 is 2.07 bits per heavy atom. The fourth-order valence-electron chi connectivity index (χ4n) is 3.23. The van der Waals surface area contributed by atoms with Crippen LogP contribution in [-0.2, 0) is 13.8 Å². The minimum absolute atomic E-state index is 0.220. The smallest absolute Gasteiger partial charge is 0.387 e. The molecule has 0 aliphatic carbocycles. The van der Waals surface area contributed by atoms with Crippen LogP contribution in [0.4, 0.5) is 5.82 Å². The Bertz CT molecular complexity index is 973. The lowest BCUT2D eigenvalue weighted by Crippen LogP contribution is -2.33. The average molecular weight is 400 g/mol. The number of hydrazone groups is 1. The standard InChI is InChI=1S/C13H17N6O7P/c1-18-11-7-5(10(14)17-18)2-19(12(7)16-4-15-11)13-9(21)8(20)6(26-13)3-25-27(22,23)24/h2,4,6,8-9,13,20-21H,3H2,1H3,(H2,14,17)(H2,22,23,24)/t6-,8-,9?,13-/m1/s1. The molecular formula is C13H17N6O7P. The van der Waals surface area contributed by atoms with Crippen LogP contribution in [0.3, 0.4) is 0 Å². The maximum atomic E-state index is 10.9. The lowest BCUT2D eigenvalue weighted by molar-refractivity contribution is -0.0501. The highest BCUT2D eigenvalue weighted by molar-refractivity contribution is 7.46. The van der Waals surface area contributed by atoms with Crippen molar-refractivity contribution in [3.05, 3.63) is 18.1 Å². The maximum Gasteiger partial charge on any atom is 0.469 e. The Morgan fingerprint density at radius 1 is 1.33 bits per heavy atom. The van der Waals surface area contributed by atoms with Crippen LogP contribution < -0.4 is 10.7 Å². The highest BCUT2D eigenvalue weighted by Gasteiger charge is 2.45. The molecule has 2 aromatic rings. The molecule has 13 nitrogen and oxygen atoms in total. The Balaban J connectivity index is 1.72. The van der Waals surface area contributed by atoms with Crippen molar-refractivity contribution in [1.29, 1.82) is 0 Å². The van der Waals surface area contributed by atoms with Crippen LogP contribution in [0.1, 0.15) is 11.8 Å². The van der Waals surface area contributed by atoms with Gasteiger partial charge in [0.25, 0.3) is 0 Å². The summed E-state index contributed by atoms with van der Waals surface area (Å²) in [6.45, 7) is -0.600. The first-order chi connectivity index (χ1) is 12.7. The number of aliphatic hydroxyl groups is 2. The van der Waals surface area contributed by atoms with E-state index in [9.17, 15) is 14.8 Å². The van der Waals surface area contributed by atoms with Crippen LogP contribution in [0.25, 0.3) is 11.0 Å². The van der Waals surface area contributed by atoms with Crippen LogP contribution in [0.5, 0.6) is 0 Å². The second-order valence-corrected chi connectivity index (χ2v) is 7.43. The number of nitrogens with two attached hydrogens (primary N) is 1. The van der Waals surface area contributed by atoms with Gasteiger partial charge in [-0.2, -0.15) is 5.10 Å². The molecule has 0 amide bonds. The van der Waals surface area contributed by atoms with Gasteiger partial charge in [0.2, 0.25) is 0 Å². The van der Waals surface area contributed by atoms with Crippen molar-refractivity contribution in [2.45, 2.75) is 24.5 Å². The fourth-order valence-corrected chi connectivity index (χ4v) is 3.57. The fraction of sp³-hybridized carbons (Fsp3) is 0.462. The van der Waals surface area contributed by atoms with E-state index in [1.807, 2.05) is 0 Å². The number of phosphoric acid groups is 1. The topological polar surface area (TPSA) is 189 Å². The summed E-state index contributed by atoms with van der Waals surface area (Å²) in [6.07, 6.45) is -2.17. The molecule has 0 radical (unpaired) electrons. The molecule has 0 spiro atoms. The molecule has 1 fully saturated rings. The molecule has 2 aliphatic rings. The van der Waals surface area contributed by atoms with Gasteiger partial charge in [-0.15, -0.1) is 0 Å². The molecule has 14 heteroatoms. The summed E-state index contributed by atoms with van der Waals surface area (Å²) in [4.78, 5) is 26.0. The van der Waals surface area contributed by atoms with Crippen LogP contribution in [0.15, 0.2) is 17.6 Å². The summed E-state index contributed by atoms with van der Waals surface area (Å²) in [5.41, 5.74) is 6.91. The molecule has 2 aromatic heterocycles. The van der Waals surface area contributed by atoms with Gasteiger partial charge in [0, 0.05) is 18.8 Å². The minimum atomic E-state index is -4.75. The summed E-state index contributed by atoms with van der Waals surface area (Å²) in [6, 6.07) is 0. The molecule has 0 bridgehead atoms. The number of anilines is 1. The first-order valence-corrected chi connectivity index (χ1v) is 9.36. The average Bonchev–Trinajstić information content (AvgIpc) is 3.11. The molecule has 1 unspecified atom stereocenters. The van der Waals surface area contributed by atoms with Crippen LogP contribution in [-0.4, -0.2) is 72.3 Å². The van der Waals surface area contributed by atoms with Gasteiger partial charge in [-0.25, -0.2) is 19.5 Å². The number of aromatic nitrogens is 3. The van der Waals surface area contributed by atoms with E-state index in [1.165, 1.54) is 15.9 Å². The molecular weight excluding hydrogens is 383 g/mol. The van der Waals surface area contributed by atoms with Gasteiger partial charge < -0.3 is 35.0 Å². The lowest BCUT2D eigenvalue weighted by atomic mass is 10.1. The molecule has 2 aliphatic heterocycles. The predicted octanol–water partition coefficient (Wildman–Crippen LogP) is -1.77. The first kappa shape index (κ1) is 18.3. The third kappa shape index (κ3) is 2.99. The van der Waals surface area contributed by atoms with E-state index in [1.54, 1.807) is 13.2 Å². The molecule has 146 valence electrons. The van der Waals surface area contributed by atoms with E-state index >= 15 is 0 Å². The van der Waals surface area contributed by atoms with E-state index in [0.29, 0.717) is 22.4 Å². The zero-order valence-electron chi connectivity index (χ0n) is 13.9. The molecule has 27 heavy (non-hydrogen) atoms. The maximum absolute atomic E-state index is 10.9. The number of amidine groups is 1. The summed E-state index contributed by atoms with van der Waals surface area (Å²) >= 11 is 0. The van der Waals surface area contributed by atoms with Gasteiger partial charge in [-0.3, -0.25) is 4.52 Å².